The summed E-state index contributed by atoms with van der Waals surface area (Å²) in [7, 11) is 0. The molecule has 21 heavy (non-hydrogen) atoms. The number of unbranched alkanes of at least 4 members (excludes halogenated alkanes) is 3. The van der Waals surface area contributed by atoms with Gasteiger partial charge in [0.15, 0.2) is 0 Å². The number of hydrogen-bond donors (Lipinski definition) is 2. The first-order valence-electron chi connectivity index (χ1n) is 7.94. The van der Waals surface area contributed by atoms with Crippen molar-refractivity contribution in [3.8, 4) is 0 Å². The molecule has 0 saturated heterocycles. The minimum absolute atomic E-state index is 0.354. The van der Waals surface area contributed by atoms with Crippen LogP contribution in [0.1, 0.15) is 59.3 Å². The monoisotopic (exact) mass is 331 g/mol. The molecule has 1 atom stereocenters. The van der Waals surface area contributed by atoms with E-state index in [-0.39, 0.29) is 0 Å². The van der Waals surface area contributed by atoms with Gasteiger partial charge in [0, 0.05) is 12.6 Å². The van der Waals surface area contributed by atoms with Gasteiger partial charge in [-0.25, -0.2) is 4.98 Å². The van der Waals surface area contributed by atoms with Gasteiger partial charge < -0.3 is 10.6 Å². The molecule has 0 aliphatic heterocycles. The van der Waals surface area contributed by atoms with Crippen LogP contribution < -0.4 is 10.6 Å². The molecule has 1 heterocycles. The smallest absolute Gasteiger partial charge is 0.147 e. The molecule has 1 rings (SSSR count). The SMILES string of the molecule is CCCCCCC(C)Nc1nc(NCCC)c(Cl)cc1Cl. The van der Waals surface area contributed by atoms with Crippen molar-refractivity contribution in [3.63, 3.8) is 0 Å². The van der Waals surface area contributed by atoms with E-state index in [1.807, 2.05) is 0 Å². The van der Waals surface area contributed by atoms with E-state index >= 15 is 0 Å². The van der Waals surface area contributed by atoms with E-state index in [1.54, 1.807) is 6.07 Å². The van der Waals surface area contributed by atoms with Crippen LogP contribution in [-0.4, -0.2) is 17.6 Å². The molecule has 1 aromatic heterocycles. The first-order valence-corrected chi connectivity index (χ1v) is 8.70. The fourth-order valence-corrected chi connectivity index (χ4v) is 2.60. The van der Waals surface area contributed by atoms with Crippen LogP contribution in [0, 0.1) is 0 Å². The minimum Gasteiger partial charge on any atom is -0.369 e. The van der Waals surface area contributed by atoms with Crippen molar-refractivity contribution in [2.24, 2.45) is 0 Å². The lowest BCUT2D eigenvalue weighted by Gasteiger charge is -2.17. The molecular formula is C16H27Cl2N3. The lowest BCUT2D eigenvalue weighted by atomic mass is 10.1. The zero-order chi connectivity index (χ0) is 15.7. The minimum atomic E-state index is 0.354. The third-order valence-corrected chi connectivity index (χ3v) is 3.92. The van der Waals surface area contributed by atoms with Crippen molar-refractivity contribution < 1.29 is 0 Å². The molecule has 2 N–H and O–H groups in total. The number of aromatic nitrogens is 1. The zero-order valence-electron chi connectivity index (χ0n) is 13.3. The number of hydrogen-bond acceptors (Lipinski definition) is 3. The van der Waals surface area contributed by atoms with Crippen molar-refractivity contribution in [1.82, 2.24) is 4.98 Å². The summed E-state index contributed by atoms with van der Waals surface area (Å²) in [5, 5.41) is 7.75. The van der Waals surface area contributed by atoms with Gasteiger partial charge in [0.1, 0.15) is 11.6 Å². The first-order chi connectivity index (χ1) is 10.1. The Hall–Kier alpha value is -0.670. The molecule has 0 amide bonds. The highest BCUT2D eigenvalue weighted by atomic mass is 35.5. The molecule has 0 spiro atoms. The van der Waals surface area contributed by atoms with Crippen LogP contribution >= 0.6 is 23.2 Å². The van der Waals surface area contributed by atoms with Crippen LogP contribution in [0.2, 0.25) is 10.0 Å². The summed E-state index contributed by atoms with van der Waals surface area (Å²) in [6.07, 6.45) is 7.23. The maximum absolute atomic E-state index is 6.23. The van der Waals surface area contributed by atoms with Crippen molar-refractivity contribution in [2.75, 3.05) is 17.2 Å². The van der Waals surface area contributed by atoms with Crippen molar-refractivity contribution in [1.29, 1.82) is 0 Å². The van der Waals surface area contributed by atoms with Gasteiger partial charge in [0.05, 0.1) is 10.0 Å². The average Bonchev–Trinajstić information content (AvgIpc) is 2.45. The Labute approximate surface area is 138 Å². The van der Waals surface area contributed by atoms with Crippen LogP contribution in [0.5, 0.6) is 0 Å². The second-order valence-corrected chi connectivity index (χ2v) is 6.29. The van der Waals surface area contributed by atoms with Gasteiger partial charge in [-0.1, -0.05) is 62.7 Å². The van der Waals surface area contributed by atoms with Gasteiger partial charge in [-0.05, 0) is 25.8 Å². The molecule has 0 aromatic carbocycles. The highest BCUT2D eigenvalue weighted by Gasteiger charge is 2.11. The molecule has 3 nitrogen and oxygen atoms in total. The van der Waals surface area contributed by atoms with E-state index in [1.165, 1.54) is 25.7 Å². The summed E-state index contributed by atoms with van der Waals surface area (Å²) in [6, 6.07) is 2.10. The Balaban J connectivity index is 2.60. The van der Waals surface area contributed by atoms with Crippen molar-refractivity contribution in [2.45, 2.75) is 65.3 Å². The second kappa shape index (κ2) is 10.1. The van der Waals surface area contributed by atoms with Gasteiger partial charge in [0.25, 0.3) is 0 Å². The Morgan fingerprint density at radius 3 is 2.43 bits per heavy atom. The van der Waals surface area contributed by atoms with E-state index in [4.69, 9.17) is 23.2 Å². The first kappa shape index (κ1) is 18.4. The lowest BCUT2D eigenvalue weighted by molar-refractivity contribution is 0.593. The maximum Gasteiger partial charge on any atom is 0.147 e. The average molecular weight is 332 g/mol. The summed E-state index contributed by atoms with van der Waals surface area (Å²) in [5.74, 6) is 1.41. The van der Waals surface area contributed by atoms with E-state index in [0.29, 0.717) is 27.7 Å². The van der Waals surface area contributed by atoms with Crippen LogP contribution in [-0.2, 0) is 0 Å². The molecule has 0 fully saturated rings. The van der Waals surface area contributed by atoms with Gasteiger partial charge in [-0.3, -0.25) is 0 Å². The molecule has 0 aliphatic rings. The number of halogens is 2. The predicted molar refractivity (Wildman–Crippen MR) is 94.9 cm³/mol. The molecule has 0 aliphatic carbocycles. The van der Waals surface area contributed by atoms with Gasteiger partial charge in [-0.2, -0.15) is 0 Å². The highest BCUT2D eigenvalue weighted by molar-refractivity contribution is 6.37. The zero-order valence-corrected chi connectivity index (χ0v) is 14.8. The van der Waals surface area contributed by atoms with Crippen LogP contribution in [0.3, 0.4) is 0 Å². The van der Waals surface area contributed by atoms with Crippen LogP contribution in [0.15, 0.2) is 6.07 Å². The largest absolute Gasteiger partial charge is 0.369 e. The fourth-order valence-electron chi connectivity index (χ4n) is 2.12. The van der Waals surface area contributed by atoms with Gasteiger partial charge in [0.2, 0.25) is 0 Å². The molecule has 1 aromatic rings. The molecule has 5 heteroatoms. The third kappa shape index (κ3) is 6.75. The molecule has 0 radical (unpaired) electrons. The lowest BCUT2D eigenvalue weighted by Crippen LogP contribution is -2.17. The number of pyridine rings is 1. The van der Waals surface area contributed by atoms with Crippen molar-refractivity contribution in [3.05, 3.63) is 16.1 Å². The van der Waals surface area contributed by atoms with E-state index < -0.39 is 0 Å². The third-order valence-electron chi connectivity index (χ3n) is 3.35. The van der Waals surface area contributed by atoms with E-state index in [2.05, 4.69) is 36.4 Å². The normalized spacial score (nSPS) is 12.2. The van der Waals surface area contributed by atoms with Gasteiger partial charge >= 0.3 is 0 Å². The quantitative estimate of drug-likeness (QED) is 0.517. The number of anilines is 2. The summed E-state index contributed by atoms with van der Waals surface area (Å²) in [5.41, 5.74) is 0. The standard InChI is InChI=1S/C16H27Cl2N3/c1-4-6-7-8-9-12(3)20-16-14(18)11-13(17)15(21-16)19-10-5-2/h11-12H,4-10H2,1-3H3,(H2,19,20,21). The fraction of sp³-hybridized carbons (Fsp3) is 0.688. The predicted octanol–water partition coefficient (Wildman–Crippen LogP) is 5.98. The second-order valence-electron chi connectivity index (χ2n) is 5.47. The van der Waals surface area contributed by atoms with E-state index in [9.17, 15) is 0 Å². The summed E-state index contributed by atoms with van der Waals surface area (Å²) in [4.78, 5) is 4.51. The van der Waals surface area contributed by atoms with Crippen molar-refractivity contribution >= 4 is 34.8 Å². The number of rotatable bonds is 10. The Morgan fingerprint density at radius 1 is 1.05 bits per heavy atom. The topological polar surface area (TPSA) is 37.0 Å². The molecule has 1 unspecified atom stereocenters. The van der Waals surface area contributed by atoms with Crippen LogP contribution in [0.4, 0.5) is 11.6 Å². The molecule has 120 valence electrons. The summed E-state index contributed by atoms with van der Waals surface area (Å²) >= 11 is 12.4. The molecular weight excluding hydrogens is 305 g/mol. The molecule has 0 saturated carbocycles. The number of nitrogens with zero attached hydrogens (tertiary/aromatic N) is 1. The van der Waals surface area contributed by atoms with E-state index in [0.717, 1.165) is 19.4 Å². The van der Waals surface area contributed by atoms with Gasteiger partial charge in [-0.15, -0.1) is 0 Å². The number of nitrogens with one attached hydrogen (secondary N) is 2. The maximum atomic E-state index is 6.23. The summed E-state index contributed by atoms with van der Waals surface area (Å²) < 4.78 is 0. The van der Waals surface area contributed by atoms with Crippen LogP contribution in [0.25, 0.3) is 0 Å². The Morgan fingerprint density at radius 2 is 1.76 bits per heavy atom. The summed E-state index contributed by atoms with van der Waals surface area (Å²) in [6.45, 7) is 7.34. The Bertz CT molecular complexity index is 424. The Kier molecular flexibility index (Phi) is 8.86. The molecule has 0 bridgehead atoms. The highest BCUT2D eigenvalue weighted by Crippen LogP contribution is 2.29.